The minimum absolute atomic E-state index is 0.568. The molecule has 0 saturated heterocycles. The molecular weight excluding hydrogens is 230 g/mol. The van der Waals surface area contributed by atoms with Crippen molar-refractivity contribution in [3.05, 3.63) is 48.1 Å². The predicted octanol–water partition coefficient (Wildman–Crippen LogP) is 0.935. The first-order chi connectivity index (χ1) is 8.88. The third-order valence-electron chi connectivity index (χ3n) is 2.31. The van der Waals surface area contributed by atoms with Crippen molar-refractivity contribution in [1.82, 2.24) is 20.8 Å². The Labute approximate surface area is 105 Å². The summed E-state index contributed by atoms with van der Waals surface area (Å²) < 4.78 is 4.75. The average Bonchev–Trinajstić information content (AvgIpc) is 2.93. The number of hydrogen-bond acceptors (Lipinski definition) is 4. The number of hydrogen-bond donors (Lipinski definition) is 2. The van der Waals surface area contributed by atoms with Crippen LogP contribution in [-0.2, 0) is 13.1 Å². The highest BCUT2D eigenvalue weighted by Crippen LogP contribution is 1.94. The van der Waals surface area contributed by atoms with Crippen LogP contribution in [0.5, 0.6) is 0 Å². The van der Waals surface area contributed by atoms with Crippen LogP contribution in [0.4, 0.5) is 0 Å². The van der Waals surface area contributed by atoms with Gasteiger partial charge in [-0.05, 0) is 12.1 Å². The first-order valence-electron chi connectivity index (χ1n) is 5.62. The predicted molar refractivity (Wildman–Crippen MR) is 67.8 cm³/mol. The van der Waals surface area contributed by atoms with Gasteiger partial charge in [0.15, 0.2) is 5.96 Å². The molecule has 94 valence electrons. The molecule has 6 nitrogen and oxygen atoms in total. The van der Waals surface area contributed by atoms with Gasteiger partial charge in [0.2, 0.25) is 0 Å². The molecule has 2 N–H and O–H groups in total. The van der Waals surface area contributed by atoms with Gasteiger partial charge in [-0.1, -0.05) is 11.2 Å². The van der Waals surface area contributed by atoms with Crippen molar-refractivity contribution in [2.45, 2.75) is 13.1 Å². The van der Waals surface area contributed by atoms with Crippen LogP contribution in [0, 0.1) is 0 Å². The van der Waals surface area contributed by atoms with Crippen LogP contribution in [0.1, 0.15) is 11.4 Å². The smallest absolute Gasteiger partial charge is 0.191 e. The van der Waals surface area contributed by atoms with Crippen molar-refractivity contribution in [2.24, 2.45) is 4.99 Å². The van der Waals surface area contributed by atoms with Crippen LogP contribution in [0.25, 0.3) is 0 Å². The normalized spacial score (nSPS) is 11.3. The second-order valence-corrected chi connectivity index (χ2v) is 3.59. The Morgan fingerprint density at radius 1 is 1.22 bits per heavy atom. The van der Waals surface area contributed by atoms with E-state index in [0.29, 0.717) is 19.0 Å². The largest absolute Gasteiger partial charge is 0.364 e. The monoisotopic (exact) mass is 245 g/mol. The molecule has 2 rings (SSSR count). The number of nitrogens with one attached hydrogen (secondary N) is 2. The molecule has 0 aromatic carbocycles. The lowest BCUT2D eigenvalue weighted by Crippen LogP contribution is -2.36. The molecular formula is C12H15N5O. The molecule has 0 aliphatic heterocycles. The fraction of sp³-hybridized carbons (Fsp3) is 0.250. The molecule has 0 fully saturated rings. The Morgan fingerprint density at radius 2 is 2.06 bits per heavy atom. The molecule has 0 spiro atoms. The van der Waals surface area contributed by atoms with E-state index in [4.69, 9.17) is 4.52 Å². The van der Waals surface area contributed by atoms with Gasteiger partial charge in [0.05, 0.1) is 18.8 Å². The Morgan fingerprint density at radius 3 is 2.67 bits per heavy atom. The summed E-state index contributed by atoms with van der Waals surface area (Å²) in [6.07, 6.45) is 3.31. The zero-order valence-electron chi connectivity index (χ0n) is 10.1. The topological polar surface area (TPSA) is 75.3 Å². The molecule has 0 saturated carbocycles. The molecule has 2 heterocycles. The van der Waals surface area contributed by atoms with Crippen LogP contribution >= 0.6 is 0 Å². The van der Waals surface area contributed by atoms with E-state index in [0.717, 1.165) is 11.4 Å². The number of rotatable bonds is 4. The zero-order chi connectivity index (χ0) is 12.6. The van der Waals surface area contributed by atoms with Crippen molar-refractivity contribution >= 4 is 5.96 Å². The lowest BCUT2D eigenvalue weighted by atomic mass is 10.3. The zero-order valence-corrected chi connectivity index (χ0v) is 10.1. The molecule has 2 aromatic rings. The Balaban J connectivity index is 1.79. The summed E-state index contributed by atoms with van der Waals surface area (Å²) in [5.41, 5.74) is 1.79. The van der Waals surface area contributed by atoms with Gasteiger partial charge in [-0.2, -0.15) is 0 Å². The SMILES string of the molecule is CN=C(NCc1ccccn1)NCc1ccon1. The van der Waals surface area contributed by atoms with Crippen molar-refractivity contribution < 1.29 is 4.52 Å². The Bertz CT molecular complexity index is 480. The maximum Gasteiger partial charge on any atom is 0.191 e. The number of pyridine rings is 1. The molecule has 0 radical (unpaired) electrons. The fourth-order valence-electron chi connectivity index (χ4n) is 1.40. The van der Waals surface area contributed by atoms with Gasteiger partial charge >= 0.3 is 0 Å². The van der Waals surface area contributed by atoms with Crippen LogP contribution < -0.4 is 10.6 Å². The quantitative estimate of drug-likeness (QED) is 0.619. The third-order valence-corrected chi connectivity index (χ3v) is 2.31. The van der Waals surface area contributed by atoms with Crippen molar-refractivity contribution in [1.29, 1.82) is 0 Å². The van der Waals surface area contributed by atoms with Gasteiger partial charge in [0.25, 0.3) is 0 Å². The van der Waals surface area contributed by atoms with Crippen molar-refractivity contribution in [2.75, 3.05) is 7.05 Å². The fourth-order valence-corrected chi connectivity index (χ4v) is 1.40. The molecule has 0 amide bonds. The van der Waals surface area contributed by atoms with Crippen LogP contribution in [-0.4, -0.2) is 23.1 Å². The molecule has 6 heteroatoms. The number of guanidine groups is 1. The van der Waals surface area contributed by atoms with E-state index in [9.17, 15) is 0 Å². The molecule has 0 aliphatic rings. The average molecular weight is 245 g/mol. The first-order valence-corrected chi connectivity index (χ1v) is 5.62. The molecule has 0 aliphatic carbocycles. The minimum atomic E-state index is 0.568. The standard InChI is InChI=1S/C12H15N5O/c1-13-12(16-9-11-5-7-18-17-11)15-8-10-4-2-3-6-14-10/h2-7H,8-9H2,1H3,(H2,13,15,16). The van der Waals surface area contributed by atoms with Crippen LogP contribution in [0.2, 0.25) is 0 Å². The van der Waals surface area contributed by atoms with E-state index in [-0.39, 0.29) is 0 Å². The van der Waals surface area contributed by atoms with E-state index >= 15 is 0 Å². The summed E-state index contributed by atoms with van der Waals surface area (Å²) in [5.74, 6) is 0.698. The highest BCUT2D eigenvalue weighted by atomic mass is 16.5. The highest BCUT2D eigenvalue weighted by Gasteiger charge is 2.00. The van der Waals surface area contributed by atoms with Gasteiger partial charge in [-0.15, -0.1) is 0 Å². The number of nitrogens with zero attached hydrogens (tertiary/aromatic N) is 3. The Kier molecular flexibility index (Phi) is 4.29. The van der Waals surface area contributed by atoms with Crippen molar-refractivity contribution in [3.8, 4) is 0 Å². The molecule has 2 aromatic heterocycles. The lowest BCUT2D eigenvalue weighted by molar-refractivity contribution is 0.410. The van der Waals surface area contributed by atoms with Crippen molar-refractivity contribution in [3.63, 3.8) is 0 Å². The Hall–Kier alpha value is -2.37. The lowest BCUT2D eigenvalue weighted by Gasteiger charge is -2.10. The van der Waals surface area contributed by atoms with Crippen LogP contribution in [0.3, 0.4) is 0 Å². The minimum Gasteiger partial charge on any atom is -0.364 e. The summed E-state index contributed by atoms with van der Waals surface area (Å²) in [4.78, 5) is 8.33. The second-order valence-electron chi connectivity index (χ2n) is 3.59. The van der Waals surface area contributed by atoms with E-state index in [2.05, 4.69) is 25.8 Å². The van der Waals surface area contributed by atoms with Gasteiger partial charge in [0, 0.05) is 19.3 Å². The number of aromatic nitrogens is 2. The number of aliphatic imine (C=N–C) groups is 1. The third kappa shape index (κ3) is 3.58. The van der Waals surface area contributed by atoms with Gasteiger partial charge in [-0.3, -0.25) is 9.98 Å². The summed E-state index contributed by atoms with van der Waals surface area (Å²) in [6, 6.07) is 7.60. The van der Waals surface area contributed by atoms with E-state index < -0.39 is 0 Å². The van der Waals surface area contributed by atoms with E-state index in [1.807, 2.05) is 18.2 Å². The van der Waals surface area contributed by atoms with Gasteiger partial charge in [0.1, 0.15) is 12.0 Å². The second kappa shape index (κ2) is 6.39. The maximum absolute atomic E-state index is 4.75. The highest BCUT2D eigenvalue weighted by molar-refractivity contribution is 5.79. The van der Waals surface area contributed by atoms with Gasteiger partial charge in [-0.25, -0.2) is 0 Å². The summed E-state index contributed by atoms with van der Waals surface area (Å²) in [5, 5.41) is 10.1. The van der Waals surface area contributed by atoms with Crippen LogP contribution in [0.15, 0.2) is 46.2 Å². The maximum atomic E-state index is 4.75. The molecule has 0 atom stereocenters. The first kappa shape index (κ1) is 12.1. The van der Waals surface area contributed by atoms with E-state index in [1.54, 1.807) is 25.6 Å². The van der Waals surface area contributed by atoms with Gasteiger partial charge < -0.3 is 15.2 Å². The summed E-state index contributed by atoms with van der Waals surface area (Å²) in [6.45, 7) is 1.19. The molecule has 18 heavy (non-hydrogen) atoms. The molecule has 0 unspecified atom stereocenters. The molecule has 0 bridgehead atoms. The summed E-state index contributed by atoms with van der Waals surface area (Å²) in [7, 11) is 1.72. The summed E-state index contributed by atoms with van der Waals surface area (Å²) >= 11 is 0. The van der Waals surface area contributed by atoms with E-state index in [1.165, 1.54) is 0 Å².